The Morgan fingerprint density at radius 2 is 1.78 bits per heavy atom. The summed E-state index contributed by atoms with van der Waals surface area (Å²) in [6.07, 6.45) is 2.94. The maximum absolute atomic E-state index is 13.0. The first-order chi connectivity index (χ1) is 13.1. The number of rotatable bonds is 8. The van der Waals surface area contributed by atoms with Crippen LogP contribution in [0.3, 0.4) is 0 Å². The van der Waals surface area contributed by atoms with E-state index in [-0.39, 0.29) is 18.2 Å². The van der Waals surface area contributed by atoms with E-state index in [1.807, 2.05) is 6.92 Å². The highest BCUT2D eigenvalue weighted by Gasteiger charge is 2.11. The van der Waals surface area contributed by atoms with Gasteiger partial charge in [-0.25, -0.2) is 9.37 Å². The molecule has 0 saturated heterocycles. The monoisotopic (exact) mass is 369 g/mol. The quantitative estimate of drug-likeness (QED) is 0.421. The lowest BCUT2D eigenvalue weighted by molar-refractivity contribution is -0.134. The highest BCUT2D eigenvalue weighted by molar-refractivity contribution is 5.72. The van der Waals surface area contributed by atoms with Crippen molar-refractivity contribution in [2.24, 2.45) is 0 Å². The number of aryl methyl sites for hydroxylation is 1. The van der Waals surface area contributed by atoms with E-state index in [0.717, 1.165) is 17.7 Å². The lowest BCUT2D eigenvalue weighted by atomic mass is 10.2. The van der Waals surface area contributed by atoms with Gasteiger partial charge in [-0.15, -0.1) is 0 Å². The number of benzene rings is 2. The number of carbonyl (C=O) groups is 1. The van der Waals surface area contributed by atoms with Gasteiger partial charge in [-0.05, 0) is 55.0 Å². The molecule has 3 aromatic rings. The molecule has 1 heterocycles. The summed E-state index contributed by atoms with van der Waals surface area (Å²) in [6, 6.07) is 12.9. The second-order valence-electron chi connectivity index (χ2n) is 5.92. The van der Waals surface area contributed by atoms with Gasteiger partial charge in [0, 0.05) is 12.0 Å². The van der Waals surface area contributed by atoms with Crippen LogP contribution in [0.1, 0.15) is 25.7 Å². The summed E-state index contributed by atoms with van der Waals surface area (Å²) in [5.41, 5.74) is 0.725. The summed E-state index contributed by atoms with van der Waals surface area (Å²) < 4.78 is 29.4. The molecule has 0 radical (unpaired) electrons. The molecule has 0 N–H and O–H groups in total. The van der Waals surface area contributed by atoms with E-state index in [1.165, 1.54) is 12.1 Å². The van der Waals surface area contributed by atoms with Crippen LogP contribution in [0.2, 0.25) is 0 Å². The lowest BCUT2D eigenvalue weighted by Crippen LogP contribution is -2.09. The standard InChI is InChI=1S/C21H20FNO4/c1-2-13-25-17-7-9-18(10-8-17)26-21(24)12-11-20-23-14-19(27-20)15-3-5-16(22)6-4-15/h3-10,14H,2,11-13H2,1H3. The molecule has 0 amide bonds. The average molecular weight is 369 g/mol. The van der Waals surface area contributed by atoms with Crippen molar-refractivity contribution in [2.45, 2.75) is 26.2 Å². The van der Waals surface area contributed by atoms with Crippen molar-refractivity contribution in [3.63, 3.8) is 0 Å². The Labute approximate surface area is 156 Å². The molecular formula is C21H20FNO4. The number of aromatic nitrogens is 1. The number of nitrogens with zero attached hydrogens (tertiary/aromatic N) is 1. The third-order valence-corrected chi connectivity index (χ3v) is 3.75. The minimum atomic E-state index is -0.376. The summed E-state index contributed by atoms with van der Waals surface area (Å²) in [7, 11) is 0. The fourth-order valence-corrected chi connectivity index (χ4v) is 2.39. The average Bonchev–Trinajstić information content (AvgIpc) is 3.15. The highest BCUT2D eigenvalue weighted by atomic mass is 19.1. The lowest BCUT2D eigenvalue weighted by Gasteiger charge is -2.06. The number of carbonyl (C=O) groups excluding carboxylic acids is 1. The molecule has 6 heteroatoms. The molecule has 0 spiro atoms. The van der Waals surface area contributed by atoms with Crippen LogP contribution < -0.4 is 9.47 Å². The largest absolute Gasteiger partial charge is 0.494 e. The molecule has 0 aliphatic carbocycles. The Kier molecular flexibility index (Phi) is 6.20. The number of hydrogen-bond donors (Lipinski definition) is 0. The van der Waals surface area contributed by atoms with Gasteiger partial charge in [0.15, 0.2) is 11.7 Å². The molecule has 0 atom stereocenters. The van der Waals surface area contributed by atoms with Crippen LogP contribution >= 0.6 is 0 Å². The molecule has 27 heavy (non-hydrogen) atoms. The molecule has 0 unspecified atom stereocenters. The molecule has 0 fully saturated rings. The van der Waals surface area contributed by atoms with E-state index in [1.54, 1.807) is 42.6 Å². The predicted molar refractivity (Wildman–Crippen MR) is 98.1 cm³/mol. The van der Waals surface area contributed by atoms with E-state index < -0.39 is 0 Å². The van der Waals surface area contributed by atoms with Crippen molar-refractivity contribution >= 4 is 5.97 Å². The first kappa shape index (κ1) is 18.6. The van der Waals surface area contributed by atoms with E-state index in [4.69, 9.17) is 13.9 Å². The van der Waals surface area contributed by atoms with Gasteiger partial charge in [0.25, 0.3) is 0 Å². The molecule has 1 aromatic heterocycles. The van der Waals surface area contributed by atoms with Crippen molar-refractivity contribution in [1.29, 1.82) is 0 Å². The van der Waals surface area contributed by atoms with Gasteiger partial charge in [0.2, 0.25) is 0 Å². The van der Waals surface area contributed by atoms with Gasteiger partial charge < -0.3 is 13.9 Å². The number of ether oxygens (including phenoxy) is 2. The van der Waals surface area contributed by atoms with Gasteiger partial charge in [0.05, 0.1) is 19.2 Å². The molecule has 0 aliphatic rings. The molecule has 140 valence electrons. The normalized spacial score (nSPS) is 10.6. The van der Waals surface area contributed by atoms with Gasteiger partial charge in [0.1, 0.15) is 17.3 Å². The van der Waals surface area contributed by atoms with Crippen LogP contribution in [0.5, 0.6) is 11.5 Å². The summed E-state index contributed by atoms with van der Waals surface area (Å²) >= 11 is 0. The van der Waals surface area contributed by atoms with Crippen molar-refractivity contribution in [3.05, 3.63) is 66.4 Å². The molecule has 2 aromatic carbocycles. The van der Waals surface area contributed by atoms with Gasteiger partial charge >= 0.3 is 5.97 Å². The Morgan fingerprint density at radius 3 is 2.48 bits per heavy atom. The first-order valence-electron chi connectivity index (χ1n) is 8.78. The zero-order chi connectivity index (χ0) is 19.1. The molecule has 0 bridgehead atoms. The van der Waals surface area contributed by atoms with Crippen LogP contribution in [0.4, 0.5) is 4.39 Å². The topological polar surface area (TPSA) is 61.6 Å². The molecule has 0 saturated carbocycles. The minimum absolute atomic E-state index is 0.136. The predicted octanol–water partition coefficient (Wildman–Crippen LogP) is 4.81. The number of oxazole rings is 1. The Bertz CT molecular complexity index is 872. The van der Waals surface area contributed by atoms with Crippen LogP contribution in [-0.4, -0.2) is 17.6 Å². The van der Waals surface area contributed by atoms with E-state index in [0.29, 0.717) is 30.4 Å². The minimum Gasteiger partial charge on any atom is -0.494 e. The number of esters is 1. The number of hydrogen-bond acceptors (Lipinski definition) is 5. The molecule has 3 rings (SSSR count). The van der Waals surface area contributed by atoms with E-state index in [9.17, 15) is 9.18 Å². The van der Waals surface area contributed by atoms with Crippen LogP contribution in [0.25, 0.3) is 11.3 Å². The van der Waals surface area contributed by atoms with Crippen LogP contribution in [-0.2, 0) is 11.2 Å². The zero-order valence-electron chi connectivity index (χ0n) is 15.0. The Morgan fingerprint density at radius 1 is 1.07 bits per heavy atom. The van der Waals surface area contributed by atoms with Crippen LogP contribution in [0.15, 0.2) is 59.1 Å². The zero-order valence-corrected chi connectivity index (χ0v) is 15.0. The van der Waals surface area contributed by atoms with Gasteiger partial charge in [-0.1, -0.05) is 6.92 Å². The highest BCUT2D eigenvalue weighted by Crippen LogP contribution is 2.22. The second-order valence-corrected chi connectivity index (χ2v) is 5.92. The van der Waals surface area contributed by atoms with Crippen molar-refractivity contribution in [1.82, 2.24) is 4.98 Å². The Hall–Kier alpha value is -3.15. The maximum Gasteiger partial charge on any atom is 0.311 e. The van der Waals surface area contributed by atoms with Crippen molar-refractivity contribution in [2.75, 3.05) is 6.61 Å². The summed E-state index contributed by atoms with van der Waals surface area (Å²) in [6.45, 7) is 2.68. The first-order valence-corrected chi connectivity index (χ1v) is 8.78. The van der Waals surface area contributed by atoms with Gasteiger partial charge in [-0.3, -0.25) is 4.79 Å². The van der Waals surface area contributed by atoms with Gasteiger partial charge in [-0.2, -0.15) is 0 Å². The third-order valence-electron chi connectivity index (χ3n) is 3.75. The van der Waals surface area contributed by atoms with Crippen molar-refractivity contribution < 1.29 is 23.1 Å². The number of halogens is 1. The van der Waals surface area contributed by atoms with Crippen molar-refractivity contribution in [3.8, 4) is 22.8 Å². The molecular weight excluding hydrogens is 349 g/mol. The summed E-state index contributed by atoms with van der Waals surface area (Å²) in [4.78, 5) is 16.1. The SMILES string of the molecule is CCCOc1ccc(OC(=O)CCc2ncc(-c3ccc(F)cc3)o2)cc1. The smallest absolute Gasteiger partial charge is 0.311 e. The third kappa shape index (κ3) is 5.41. The van der Waals surface area contributed by atoms with E-state index >= 15 is 0 Å². The fraction of sp³-hybridized carbons (Fsp3) is 0.238. The van der Waals surface area contributed by atoms with E-state index in [2.05, 4.69) is 4.98 Å². The Balaban J connectivity index is 1.50. The summed E-state index contributed by atoms with van der Waals surface area (Å²) in [5, 5.41) is 0. The summed E-state index contributed by atoms with van der Waals surface area (Å²) in [5.74, 6) is 1.47. The maximum atomic E-state index is 13.0. The molecule has 5 nitrogen and oxygen atoms in total. The molecule has 0 aliphatic heterocycles. The van der Waals surface area contributed by atoms with Crippen LogP contribution in [0, 0.1) is 5.82 Å². The fourth-order valence-electron chi connectivity index (χ4n) is 2.39. The second kappa shape index (κ2) is 8.98.